The first-order chi connectivity index (χ1) is 4.00. The molecule has 10 heavy (non-hydrogen) atoms. The number of rotatable bonds is 0. The van der Waals surface area contributed by atoms with Gasteiger partial charge in [0.1, 0.15) is 0 Å². The van der Waals surface area contributed by atoms with E-state index >= 15 is 0 Å². The predicted molar refractivity (Wildman–Crippen MR) is 19.7 cm³/mol. The Bertz CT molecular complexity index is 149. The monoisotopic (exact) mass is 196 g/mol. The maximum absolute atomic E-state index is 9.19. The first kappa shape index (κ1) is 12.7. The Morgan fingerprint density at radius 3 is 1.30 bits per heavy atom. The summed E-state index contributed by atoms with van der Waals surface area (Å²) in [6, 6.07) is 0. The molecule has 0 aliphatic heterocycles. The maximum atomic E-state index is 9.19. The van der Waals surface area contributed by atoms with Crippen LogP contribution in [0.4, 0.5) is 0 Å². The van der Waals surface area contributed by atoms with Gasteiger partial charge >= 0.3 is 0 Å². The minimum Gasteiger partial charge on any atom is -0.286 e. The summed E-state index contributed by atoms with van der Waals surface area (Å²) < 4.78 is 58.6. The molecule has 0 fully saturated rings. The van der Waals surface area contributed by atoms with E-state index in [1.165, 1.54) is 0 Å². The molecule has 0 bridgehead atoms. The van der Waals surface area contributed by atoms with Gasteiger partial charge in [-0.25, -0.2) is 0 Å². The highest BCUT2D eigenvalue weighted by Gasteiger charge is 1.98. The molecular formula is CH5ClO7S. The van der Waals surface area contributed by atoms with Gasteiger partial charge in [-0.1, -0.05) is 0 Å². The summed E-state index contributed by atoms with van der Waals surface area (Å²) in [4.78, 5) is 0. The largest absolute Gasteiger partial charge is 0.286 e. The van der Waals surface area contributed by atoms with E-state index in [2.05, 4.69) is 0 Å². The van der Waals surface area contributed by atoms with Gasteiger partial charge in [0.2, 0.25) is 0 Å². The molecule has 0 aliphatic carbocycles. The Hall–Kier alpha value is 0.0400. The van der Waals surface area contributed by atoms with Crippen molar-refractivity contribution < 1.29 is 41.8 Å². The van der Waals surface area contributed by atoms with Crippen molar-refractivity contribution in [1.29, 1.82) is 0 Å². The van der Waals surface area contributed by atoms with E-state index in [4.69, 9.17) is 23.2 Å². The molecule has 0 radical (unpaired) electrons. The number of halogens is 1. The van der Waals surface area contributed by atoms with E-state index in [9.17, 15) is 8.42 Å². The van der Waals surface area contributed by atoms with Crippen LogP contribution in [0.15, 0.2) is 0 Å². The van der Waals surface area contributed by atoms with Crippen molar-refractivity contribution in [3.63, 3.8) is 0 Å². The van der Waals surface area contributed by atoms with Crippen molar-refractivity contribution in [2.45, 2.75) is 0 Å². The van der Waals surface area contributed by atoms with Crippen molar-refractivity contribution in [2.75, 3.05) is 6.26 Å². The van der Waals surface area contributed by atoms with E-state index in [1.54, 1.807) is 0 Å². The van der Waals surface area contributed by atoms with Crippen LogP contribution in [0.2, 0.25) is 0 Å². The molecule has 64 valence electrons. The van der Waals surface area contributed by atoms with Crippen molar-refractivity contribution in [3.05, 3.63) is 0 Å². The van der Waals surface area contributed by atoms with E-state index in [-0.39, 0.29) is 0 Å². The molecule has 0 amide bonds. The quantitative estimate of drug-likeness (QED) is 0.371. The third-order valence-corrected chi connectivity index (χ3v) is 0. The Kier molecular flexibility index (Phi) is 5.12. The van der Waals surface area contributed by atoms with Gasteiger partial charge in [0.25, 0.3) is 10.1 Å². The fourth-order valence-electron chi connectivity index (χ4n) is 0. The third kappa shape index (κ3) is 249000. The SMILES string of the molecule is CS(=O)(=O)O.[O-][Cl+3]([O-])([O-])O. The van der Waals surface area contributed by atoms with E-state index in [0.717, 1.165) is 0 Å². The molecule has 0 unspecified atom stereocenters. The number of hydrogen-bond acceptors (Lipinski definition) is 6. The van der Waals surface area contributed by atoms with Crippen LogP contribution < -0.4 is 14.0 Å². The highest BCUT2D eigenvalue weighted by molar-refractivity contribution is 7.85. The lowest BCUT2D eigenvalue weighted by molar-refractivity contribution is -1.92. The fourth-order valence-corrected chi connectivity index (χ4v) is 0. The van der Waals surface area contributed by atoms with Crippen molar-refractivity contribution in [2.24, 2.45) is 0 Å². The molecule has 0 aliphatic rings. The van der Waals surface area contributed by atoms with E-state index in [1.807, 2.05) is 0 Å². The first-order valence-corrected chi connectivity index (χ1v) is 4.67. The van der Waals surface area contributed by atoms with Gasteiger partial charge in [-0.2, -0.15) is 22.4 Å². The van der Waals surface area contributed by atoms with E-state index < -0.39 is 20.4 Å². The van der Waals surface area contributed by atoms with Crippen LogP contribution in [0.3, 0.4) is 0 Å². The summed E-state index contributed by atoms with van der Waals surface area (Å²) in [7, 11) is -8.36. The predicted octanol–water partition coefficient (Wildman–Crippen LogP) is -4.62. The summed E-state index contributed by atoms with van der Waals surface area (Å²) in [6.07, 6.45) is 0.715. The zero-order valence-corrected chi connectivity index (χ0v) is 6.29. The van der Waals surface area contributed by atoms with Gasteiger partial charge in [-0.05, 0) is 0 Å². The lowest BCUT2D eigenvalue weighted by Crippen LogP contribution is -2.58. The third-order valence-electron chi connectivity index (χ3n) is 0. The van der Waals surface area contributed by atoms with Gasteiger partial charge in [-0.15, -0.1) is 0 Å². The van der Waals surface area contributed by atoms with Crippen LogP contribution in [0.1, 0.15) is 0 Å². The standard InChI is InChI=1S/CH4O3S.ClHO4/c1-5(2,3)4;2-1(3,4)5/h1H3,(H,2,3,4);(H,2,3,4,5). The Labute approximate surface area is 59.0 Å². The summed E-state index contributed by atoms with van der Waals surface area (Å²) in [6.45, 7) is 0. The molecule has 0 heterocycles. The highest BCUT2D eigenvalue weighted by Crippen LogP contribution is 1.61. The molecule has 0 aromatic heterocycles. The second kappa shape index (κ2) is 4.03. The summed E-state index contributed by atoms with van der Waals surface area (Å²) >= 11 is 0. The van der Waals surface area contributed by atoms with Gasteiger partial charge in [0, 0.05) is 0 Å². The van der Waals surface area contributed by atoms with Gasteiger partial charge < -0.3 is 0 Å². The van der Waals surface area contributed by atoms with Crippen molar-refractivity contribution in [1.82, 2.24) is 0 Å². The summed E-state index contributed by atoms with van der Waals surface area (Å²) in [5.41, 5.74) is 0. The fraction of sp³-hybridized carbons (Fsp3) is 1.00. The lowest BCUT2D eigenvalue weighted by atomic mass is 12.0. The molecule has 0 saturated heterocycles. The van der Waals surface area contributed by atoms with Crippen LogP contribution in [0.25, 0.3) is 0 Å². The second-order valence-electron chi connectivity index (χ2n) is 1.13. The highest BCUT2D eigenvalue weighted by atomic mass is 35.7. The molecule has 9 heteroatoms. The Morgan fingerprint density at radius 1 is 1.30 bits per heavy atom. The first-order valence-electron chi connectivity index (χ1n) is 1.56. The zero-order valence-electron chi connectivity index (χ0n) is 4.72. The molecule has 0 aromatic carbocycles. The van der Waals surface area contributed by atoms with Crippen LogP contribution in [-0.2, 0) is 10.1 Å². The second-order valence-corrected chi connectivity index (χ2v) is 3.39. The van der Waals surface area contributed by atoms with Crippen LogP contribution >= 0.6 is 0 Å². The van der Waals surface area contributed by atoms with Gasteiger partial charge in [0.15, 0.2) is 0 Å². The average molecular weight is 197 g/mol. The van der Waals surface area contributed by atoms with Crippen LogP contribution in [0.5, 0.6) is 0 Å². The minimum absolute atomic E-state index is 0.715. The summed E-state index contributed by atoms with van der Waals surface area (Å²) in [5, 5.41) is 0. The molecule has 7 nitrogen and oxygen atoms in total. The normalized spacial score (nSPS) is 11.8. The van der Waals surface area contributed by atoms with Crippen molar-refractivity contribution >= 4 is 10.1 Å². The zero-order chi connectivity index (χ0) is 9.00. The van der Waals surface area contributed by atoms with Gasteiger partial charge in [0.05, 0.1) is 21.2 Å². The molecule has 2 N–H and O–H groups in total. The number of hydrogen-bond donors (Lipinski definition) is 2. The molecule has 0 atom stereocenters. The average Bonchev–Trinajstić information content (AvgIpc) is 1.12. The summed E-state index contributed by atoms with van der Waals surface area (Å²) in [5.74, 6) is 0. The molecule has 0 rings (SSSR count). The van der Waals surface area contributed by atoms with Crippen LogP contribution in [0, 0.1) is 10.2 Å². The maximum Gasteiger partial charge on any atom is 0.261 e. The molecule has 0 saturated carbocycles. The molecule has 0 spiro atoms. The topological polar surface area (TPSA) is 144 Å². The lowest BCUT2D eigenvalue weighted by Gasteiger charge is -2.03. The minimum atomic E-state index is -4.69. The Balaban J connectivity index is 0. The van der Waals surface area contributed by atoms with E-state index in [0.29, 0.717) is 6.26 Å². The smallest absolute Gasteiger partial charge is 0.261 e. The van der Waals surface area contributed by atoms with Crippen LogP contribution in [-0.4, -0.2) is 23.9 Å². The van der Waals surface area contributed by atoms with Gasteiger partial charge in [-0.3, -0.25) is 4.55 Å². The Morgan fingerprint density at radius 2 is 1.30 bits per heavy atom. The molecular weight excluding hydrogens is 192 g/mol. The molecule has 0 aromatic rings. The van der Waals surface area contributed by atoms with Crippen molar-refractivity contribution in [3.8, 4) is 0 Å².